The monoisotopic (exact) mass is 207 g/mol. The van der Waals surface area contributed by atoms with E-state index < -0.39 is 0 Å². The number of piperidine rings is 1. The maximum atomic E-state index is 4.19. The van der Waals surface area contributed by atoms with E-state index in [1.54, 1.807) is 0 Å². The summed E-state index contributed by atoms with van der Waals surface area (Å²) in [6, 6.07) is 0.724. The summed E-state index contributed by atoms with van der Waals surface area (Å²) in [6.45, 7) is 3.52. The summed E-state index contributed by atoms with van der Waals surface area (Å²) in [5, 5.41) is 7.81. The van der Waals surface area contributed by atoms with Crippen molar-refractivity contribution in [3.05, 3.63) is 18.0 Å². The van der Waals surface area contributed by atoms with Crippen molar-refractivity contribution in [2.24, 2.45) is 13.0 Å². The van der Waals surface area contributed by atoms with Crippen LogP contribution in [0.2, 0.25) is 0 Å². The molecule has 1 aromatic heterocycles. The van der Waals surface area contributed by atoms with Crippen LogP contribution in [0.5, 0.6) is 0 Å². The number of aromatic nitrogens is 2. The Bertz CT molecular complexity index is 298. The first-order chi connectivity index (χ1) is 7.24. The van der Waals surface area contributed by atoms with Gasteiger partial charge in [0.05, 0.1) is 6.20 Å². The van der Waals surface area contributed by atoms with Gasteiger partial charge in [-0.3, -0.25) is 4.68 Å². The lowest BCUT2D eigenvalue weighted by atomic mass is 9.93. The number of nitrogens with zero attached hydrogens (tertiary/aromatic N) is 2. The highest BCUT2D eigenvalue weighted by Gasteiger charge is 2.16. The lowest BCUT2D eigenvalue weighted by Crippen LogP contribution is -2.38. The molecular formula is C12H21N3. The van der Waals surface area contributed by atoms with Gasteiger partial charge in [-0.05, 0) is 43.7 Å². The van der Waals surface area contributed by atoms with Crippen LogP contribution in [0, 0.1) is 5.92 Å². The summed E-state index contributed by atoms with van der Waals surface area (Å²) in [5.41, 5.74) is 1.36. The molecule has 0 amide bonds. The number of hydrogen-bond donors (Lipinski definition) is 1. The third kappa shape index (κ3) is 3.06. The molecule has 0 aliphatic carbocycles. The molecule has 3 heteroatoms. The lowest BCUT2D eigenvalue weighted by molar-refractivity contribution is 0.316. The molecular weight excluding hydrogens is 186 g/mol. The molecule has 0 aromatic carbocycles. The van der Waals surface area contributed by atoms with Crippen LogP contribution in [0.4, 0.5) is 0 Å². The molecule has 2 atom stereocenters. The van der Waals surface area contributed by atoms with Crippen LogP contribution in [-0.2, 0) is 13.5 Å². The third-order valence-electron chi connectivity index (χ3n) is 3.30. The molecule has 0 radical (unpaired) electrons. The van der Waals surface area contributed by atoms with Gasteiger partial charge in [0.25, 0.3) is 0 Å². The summed E-state index contributed by atoms with van der Waals surface area (Å²) >= 11 is 0. The molecule has 1 saturated heterocycles. The Kier molecular flexibility index (Phi) is 3.41. The van der Waals surface area contributed by atoms with Gasteiger partial charge in [-0.2, -0.15) is 5.10 Å². The number of aryl methyl sites for hydroxylation is 2. The molecule has 0 bridgehead atoms. The van der Waals surface area contributed by atoms with E-state index in [0.717, 1.165) is 18.4 Å². The Balaban J connectivity index is 1.74. The highest BCUT2D eigenvalue weighted by Crippen LogP contribution is 2.16. The Morgan fingerprint density at radius 1 is 1.53 bits per heavy atom. The van der Waals surface area contributed by atoms with E-state index in [0.29, 0.717) is 0 Å². The predicted octanol–water partition coefficient (Wildman–Crippen LogP) is 1.74. The molecule has 1 aliphatic rings. The molecule has 1 fully saturated rings. The highest BCUT2D eigenvalue weighted by molar-refractivity contribution is 5.04. The van der Waals surface area contributed by atoms with Gasteiger partial charge in [-0.1, -0.05) is 6.92 Å². The van der Waals surface area contributed by atoms with Crippen molar-refractivity contribution in [3.8, 4) is 0 Å². The Labute approximate surface area is 91.9 Å². The molecule has 0 spiro atoms. The van der Waals surface area contributed by atoms with E-state index in [2.05, 4.69) is 23.5 Å². The minimum Gasteiger partial charge on any atom is -0.314 e. The molecule has 1 aromatic rings. The zero-order chi connectivity index (χ0) is 10.7. The molecule has 1 N–H and O–H groups in total. The van der Waals surface area contributed by atoms with Crippen LogP contribution in [-0.4, -0.2) is 22.4 Å². The van der Waals surface area contributed by atoms with Gasteiger partial charge in [0.15, 0.2) is 0 Å². The van der Waals surface area contributed by atoms with E-state index in [1.807, 2.05) is 17.9 Å². The number of rotatable bonds is 3. The molecule has 3 nitrogen and oxygen atoms in total. The quantitative estimate of drug-likeness (QED) is 0.818. The average molecular weight is 207 g/mol. The minimum absolute atomic E-state index is 0.724. The second-order valence-electron chi connectivity index (χ2n) is 4.85. The standard InChI is InChI=1S/C12H21N3/c1-10-3-5-12(13-7-10)6-4-11-8-14-15(2)9-11/h8-10,12-13H,3-7H2,1-2H3. The SMILES string of the molecule is CC1CCC(CCc2cnn(C)c2)NC1. The van der Waals surface area contributed by atoms with Gasteiger partial charge in [-0.25, -0.2) is 0 Å². The van der Waals surface area contributed by atoms with Crippen molar-refractivity contribution in [1.82, 2.24) is 15.1 Å². The van der Waals surface area contributed by atoms with E-state index in [1.165, 1.54) is 31.4 Å². The number of nitrogens with one attached hydrogen (secondary N) is 1. The first-order valence-corrected chi connectivity index (χ1v) is 5.95. The third-order valence-corrected chi connectivity index (χ3v) is 3.30. The molecule has 1 aliphatic heterocycles. The van der Waals surface area contributed by atoms with Crippen LogP contribution in [0.3, 0.4) is 0 Å². The van der Waals surface area contributed by atoms with Gasteiger partial charge < -0.3 is 5.32 Å². The van der Waals surface area contributed by atoms with Gasteiger partial charge in [0.1, 0.15) is 0 Å². The largest absolute Gasteiger partial charge is 0.314 e. The van der Waals surface area contributed by atoms with E-state index in [4.69, 9.17) is 0 Å². The van der Waals surface area contributed by atoms with Crippen LogP contribution < -0.4 is 5.32 Å². The summed E-state index contributed by atoms with van der Waals surface area (Å²) in [7, 11) is 1.98. The normalized spacial score (nSPS) is 26.8. The second kappa shape index (κ2) is 4.79. The smallest absolute Gasteiger partial charge is 0.0521 e. The molecule has 0 saturated carbocycles. The van der Waals surface area contributed by atoms with Crippen molar-refractivity contribution in [2.75, 3.05) is 6.54 Å². The molecule has 2 unspecified atom stereocenters. The van der Waals surface area contributed by atoms with Crippen LogP contribution in [0.15, 0.2) is 12.4 Å². The van der Waals surface area contributed by atoms with Gasteiger partial charge in [0.2, 0.25) is 0 Å². The van der Waals surface area contributed by atoms with E-state index >= 15 is 0 Å². The topological polar surface area (TPSA) is 29.9 Å². The van der Waals surface area contributed by atoms with Crippen LogP contribution in [0.25, 0.3) is 0 Å². The fraction of sp³-hybridized carbons (Fsp3) is 0.750. The number of hydrogen-bond acceptors (Lipinski definition) is 2. The molecule has 2 heterocycles. The fourth-order valence-corrected chi connectivity index (χ4v) is 2.25. The second-order valence-corrected chi connectivity index (χ2v) is 4.85. The molecule has 84 valence electrons. The Morgan fingerprint density at radius 3 is 3.00 bits per heavy atom. The van der Waals surface area contributed by atoms with Crippen molar-refractivity contribution in [1.29, 1.82) is 0 Å². The average Bonchev–Trinajstić information content (AvgIpc) is 2.64. The van der Waals surface area contributed by atoms with Crippen molar-refractivity contribution < 1.29 is 0 Å². The Morgan fingerprint density at radius 2 is 2.40 bits per heavy atom. The van der Waals surface area contributed by atoms with Gasteiger partial charge in [-0.15, -0.1) is 0 Å². The summed E-state index contributed by atoms with van der Waals surface area (Å²) < 4.78 is 1.88. The van der Waals surface area contributed by atoms with Gasteiger partial charge in [0, 0.05) is 19.3 Å². The molecule has 2 rings (SSSR count). The maximum Gasteiger partial charge on any atom is 0.0521 e. The summed E-state index contributed by atoms with van der Waals surface area (Å²) in [4.78, 5) is 0. The van der Waals surface area contributed by atoms with E-state index in [9.17, 15) is 0 Å². The van der Waals surface area contributed by atoms with Gasteiger partial charge >= 0.3 is 0 Å². The summed E-state index contributed by atoms with van der Waals surface area (Å²) in [5.74, 6) is 0.861. The van der Waals surface area contributed by atoms with Crippen molar-refractivity contribution in [3.63, 3.8) is 0 Å². The fourth-order valence-electron chi connectivity index (χ4n) is 2.25. The Hall–Kier alpha value is -0.830. The predicted molar refractivity (Wildman–Crippen MR) is 61.7 cm³/mol. The van der Waals surface area contributed by atoms with Crippen LogP contribution in [0.1, 0.15) is 31.7 Å². The minimum atomic E-state index is 0.724. The summed E-state index contributed by atoms with van der Waals surface area (Å²) in [6.07, 6.45) is 9.21. The zero-order valence-electron chi connectivity index (χ0n) is 9.74. The van der Waals surface area contributed by atoms with Crippen molar-refractivity contribution >= 4 is 0 Å². The van der Waals surface area contributed by atoms with Crippen molar-refractivity contribution in [2.45, 2.75) is 38.6 Å². The first kappa shape index (κ1) is 10.7. The lowest BCUT2D eigenvalue weighted by Gasteiger charge is -2.27. The molecule has 15 heavy (non-hydrogen) atoms. The highest BCUT2D eigenvalue weighted by atomic mass is 15.2. The van der Waals surface area contributed by atoms with E-state index in [-0.39, 0.29) is 0 Å². The zero-order valence-corrected chi connectivity index (χ0v) is 9.74. The first-order valence-electron chi connectivity index (χ1n) is 5.95. The van der Waals surface area contributed by atoms with Crippen LogP contribution >= 0.6 is 0 Å². The maximum absolute atomic E-state index is 4.19.